The molecule has 2 rings (SSSR count). The highest BCUT2D eigenvalue weighted by molar-refractivity contribution is 5.95. The molecule has 1 N–H and O–H groups in total. The largest absolute Gasteiger partial charge is 0.378 e. The van der Waals surface area contributed by atoms with Crippen molar-refractivity contribution < 1.29 is 9.72 Å². The first-order valence-corrected chi connectivity index (χ1v) is 7.81. The van der Waals surface area contributed by atoms with Crippen molar-refractivity contribution in [2.75, 3.05) is 38.0 Å². The third kappa shape index (κ3) is 4.26. The highest BCUT2D eigenvalue weighted by Gasteiger charge is 2.20. The Kier molecular flexibility index (Phi) is 5.59. The number of benzene rings is 2. The van der Waals surface area contributed by atoms with Gasteiger partial charge in [0, 0.05) is 52.1 Å². The molecule has 2 aromatic rings. The van der Waals surface area contributed by atoms with Crippen molar-refractivity contribution in [1.29, 1.82) is 0 Å². The van der Waals surface area contributed by atoms with E-state index < -0.39 is 4.92 Å². The summed E-state index contributed by atoms with van der Waals surface area (Å²) in [6.07, 6.45) is 0. The second-order valence-corrected chi connectivity index (χ2v) is 5.96. The first-order valence-electron chi connectivity index (χ1n) is 7.81. The van der Waals surface area contributed by atoms with Crippen molar-refractivity contribution in [3.63, 3.8) is 0 Å². The lowest BCUT2D eigenvalue weighted by Crippen LogP contribution is -2.20. The van der Waals surface area contributed by atoms with Crippen molar-refractivity contribution in [2.24, 2.45) is 0 Å². The van der Waals surface area contributed by atoms with E-state index in [2.05, 4.69) is 5.32 Å². The summed E-state index contributed by atoms with van der Waals surface area (Å²) in [7, 11) is 7.21. The Morgan fingerprint density at radius 3 is 2.48 bits per heavy atom. The number of nitrogens with one attached hydrogen (secondary N) is 1. The molecule has 0 saturated heterocycles. The van der Waals surface area contributed by atoms with Crippen LogP contribution in [0.3, 0.4) is 0 Å². The maximum absolute atomic E-state index is 11.7. The average molecular weight is 342 g/mol. The van der Waals surface area contributed by atoms with E-state index in [-0.39, 0.29) is 17.2 Å². The summed E-state index contributed by atoms with van der Waals surface area (Å²) in [5.74, 6) is -0.351. The first-order chi connectivity index (χ1) is 11.8. The summed E-state index contributed by atoms with van der Waals surface area (Å²) in [5, 5.41) is 13.9. The zero-order valence-corrected chi connectivity index (χ0v) is 14.8. The number of carbonyl (C=O) groups excluding carboxylic acids is 1. The number of carbonyl (C=O) groups is 1. The molecule has 2 aromatic carbocycles. The molecule has 0 atom stereocenters. The summed E-state index contributed by atoms with van der Waals surface area (Å²) < 4.78 is 0. The number of anilines is 2. The Morgan fingerprint density at radius 2 is 1.88 bits per heavy atom. The second kappa shape index (κ2) is 7.65. The maximum Gasteiger partial charge on any atom is 0.293 e. The van der Waals surface area contributed by atoms with Crippen LogP contribution in [-0.4, -0.2) is 39.0 Å². The standard InChI is InChI=1S/C18H22N4O3/c1-19-18(23)14-8-9-16(17(11-14)22(24)25)21(4)12-13-6-5-7-15(10-13)20(2)3/h5-11H,12H2,1-4H3,(H,19,23). The molecule has 25 heavy (non-hydrogen) atoms. The van der Waals surface area contributed by atoms with E-state index in [4.69, 9.17) is 0 Å². The monoisotopic (exact) mass is 342 g/mol. The van der Waals surface area contributed by atoms with Gasteiger partial charge in [-0.3, -0.25) is 14.9 Å². The highest BCUT2D eigenvalue weighted by atomic mass is 16.6. The molecule has 0 radical (unpaired) electrons. The Bertz CT molecular complexity index is 790. The van der Waals surface area contributed by atoms with E-state index in [1.54, 1.807) is 24.1 Å². The number of hydrogen-bond donors (Lipinski definition) is 1. The van der Waals surface area contributed by atoms with Gasteiger partial charge in [0.1, 0.15) is 5.69 Å². The van der Waals surface area contributed by atoms with Crippen LogP contribution in [0, 0.1) is 10.1 Å². The van der Waals surface area contributed by atoms with E-state index in [1.165, 1.54) is 13.1 Å². The van der Waals surface area contributed by atoms with Crippen LogP contribution in [0.25, 0.3) is 0 Å². The van der Waals surface area contributed by atoms with Gasteiger partial charge in [-0.25, -0.2) is 0 Å². The van der Waals surface area contributed by atoms with Crippen molar-refractivity contribution in [1.82, 2.24) is 5.32 Å². The third-order valence-corrected chi connectivity index (χ3v) is 3.92. The van der Waals surface area contributed by atoms with Gasteiger partial charge in [-0.15, -0.1) is 0 Å². The van der Waals surface area contributed by atoms with Crippen LogP contribution in [0.15, 0.2) is 42.5 Å². The van der Waals surface area contributed by atoms with Crippen LogP contribution in [-0.2, 0) is 6.54 Å². The maximum atomic E-state index is 11.7. The molecule has 0 spiro atoms. The Hall–Kier alpha value is -3.09. The fourth-order valence-corrected chi connectivity index (χ4v) is 2.57. The van der Waals surface area contributed by atoms with Gasteiger partial charge in [-0.2, -0.15) is 0 Å². The molecule has 0 aliphatic heterocycles. The van der Waals surface area contributed by atoms with Gasteiger partial charge in [0.2, 0.25) is 0 Å². The van der Waals surface area contributed by atoms with Gasteiger partial charge in [0.15, 0.2) is 0 Å². The van der Waals surface area contributed by atoms with Crippen LogP contribution >= 0.6 is 0 Å². The molecule has 7 nitrogen and oxygen atoms in total. The van der Waals surface area contributed by atoms with Crippen LogP contribution < -0.4 is 15.1 Å². The zero-order valence-electron chi connectivity index (χ0n) is 14.8. The lowest BCUT2D eigenvalue weighted by molar-refractivity contribution is -0.384. The minimum absolute atomic E-state index is 0.0904. The van der Waals surface area contributed by atoms with Gasteiger partial charge < -0.3 is 15.1 Å². The van der Waals surface area contributed by atoms with E-state index in [9.17, 15) is 14.9 Å². The molecular weight excluding hydrogens is 320 g/mol. The van der Waals surface area contributed by atoms with Gasteiger partial charge >= 0.3 is 0 Å². The summed E-state index contributed by atoms with van der Waals surface area (Å²) in [4.78, 5) is 26.5. The smallest absolute Gasteiger partial charge is 0.293 e. The van der Waals surface area contributed by atoms with Crippen LogP contribution in [0.4, 0.5) is 17.1 Å². The molecule has 0 bridgehead atoms. The molecule has 0 unspecified atom stereocenters. The quantitative estimate of drug-likeness (QED) is 0.645. The number of hydrogen-bond acceptors (Lipinski definition) is 5. The Balaban J connectivity index is 2.32. The van der Waals surface area contributed by atoms with E-state index in [1.807, 2.05) is 43.3 Å². The SMILES string of the molecule is CNC(=O)c1ccc(N(C)Cc2cccc(N(C)C)c2)c([N+](=O)[O-])c1. The fourth-order valence-electron chi connectivity index (χ4n) is 2.57. The van der Waals surface area contributed by atoms with Crippen LogP contribution in [0.2, 0.25) is 0 Å². The number of nitrogens with zero attached hydrogens (tertiary/aromatic N) is 3. The van der Waals surface area contributed by atoms with E-state index >= 15 is 0 Å². The molecule has 7 heteroatoms. The molecule has 0 aliphatic carbocycles. The first kappa shape index (κ1) is 18.3. The van der Waals surface area contributed by atoms with Crippen LogP contribution in [0.5, 0.6) is 0 Å². The second-order valence-electron chi connectivity index (χ2n) is 5.96. The van der Waals surface area contributed by atoms with Crippen molar-refractivity contribution in [3.05, 3.63) is 63.7 Å². The molecule has 0 aliphatic rings. The average Bonchev–Trinajstić information content (AvgIpc) is 2.60. The lowest BCUT2D eigenvalue weighted by atomic mass is 10.1. The summed E-state index contributed by atoms with van der Waals surface area (Å²) in [6, 6.07) is 12.5. The number of rotatable bonds is 6. The highest BCUT2D eigenvalue weighted by Crippen LogP contribution is 2.30. The Morgan fingerprint density at radius 1 is 1.16 bits per heavy atom. The molecule has 0 saturated carbocycles. The summed E-state index contributed by atoms with van der Waals surface area (Å²) in [5.41, 5.74) is 2.75. The van der Waals surface area contributed by atoms with Gasteiger partial charge in [0.05, 0.1) is 4.92 Å². The predicted octanol–water partition coefficient (Wildman–Crippen LogP) is 2.66. The zero-order chi connectivity index (χ0) is 18.6. The molecule has 0 aromatic heterocycles. The summed E-state index contributed by atoms with van der Waals surface area (Å²) in [6.45, 7) is 0.516. The topological polar surface area (TPSA) is 78.7 Å². The summed E-state index contributed by atoms with van der Waals surface area (Å²) >= 11 is 0. The Labute approximate surface area is 147 Å². The molecule has 0 heterocycles. The van der Waals surface area contributed by atoms with Gasteiger partial charge in [0.25, 0.3) is 11.6 Å². The lowest BCUT2D eigenvalue weighted by Gasteiger charge is -2.21. The number of amides is 1. The molecule has 1 amide bonds. The molecule has 0 fully saturated rings. The predicted molar refractivity (Wildman–Crippen MR) is 99.4 cm³/mol. The van der Waals surface area contributed by atoms with Crippen LogP contribution in [0.1, 0.15) is 15.9 Å². The minimum Gasteiger partial charge on any atom is -0.378 e. The van der Waals surface area contributed by atoms with Crippen molar-refractivity contribution in [3.8, 4) is 0 Å². The van der Waals surface area contributed by atoms with E-state index in [0.717, 1.165) is 11.3 Å². The van der Waals surface area contributed by atoms with Crippen molar-refractivity contribution in [2.45, 2.75) is 6.54 Å². The normalized spacial score (nSPS) is 10.2. The number of nitro benzene ring substituents is 1. The fraction of sp³-hybridized carbons (Fsp3) is 0.278. The minimum atomic E-state index is -0.464. The van der Waals surface area contributed by atoms with Gasteiger partial charge in [-0.1, -0.05) is 12.1 Å². The van der Waals surface area contributed by atoms with Crippen molar-refractivity contribution >= 4 is 23.0 Å². The molecular formula is C18H22N4O3. The van der Waals surface area contributed by atoms with Gasteiger partial charge in [-0.05, 0) is 29.8 Å². The molecule has 132 valence electrons. The number of nitro groups is 1. The van der Waals surface area contributed by atoms with E-state index in [0.29, 0.717) is 12.2 Å². The third-order valence-electron chi connectivity index (χ3n) is 3.92.